The molecule has 2 aromatic rings. The van der Waals surface area contributed by atoms with E-state index in [1.54, 1.807) is 4.68 Å². The molecule has 1 aromatic carbocycles. The van der Waals surface area contributed by atoms with E-state index >= 15 is 0 Å². The number of carbonyl (C=O) groups is 1. The minimum Gasteiger partial charge on any atom is -0.353 e. The van der Waals surface area contributed by atoms with Crippen LogP contribution >= 0.6 is 11.8 Å². The Balaban J connectivity index is 1.56. The van der Waals surface area contributed by atoms with Gasteiger partial charge >= 0.3 is 0 Å². The van der Waals surface area contributed by atoms with Gasteiger partial charge in [-0.05, 0) is 66.9 Å². The van der Waals surface area contributed by atoms with E-state index in [-0.39, 0.29) is 11.9 Å². The molecule has 0 bridgehead atoms. The van der Waals surface area contributed by atoms with Crippen molar-refractivity contribution in [2.24, 2.45) is 0 Å². The maximum Gasteiger partial charge on any atom is 0.230 e. The molecule has 1 saturated heterocycles. The van der Waals surface area contributed by atoms with E-state index in [1.807, 2.05) is 26.0 Å². The van der Waals surface area contributed by atoms with Gasteiger partial charge in [0.1, 0.15) is 0 Å². The van der Waals surface area contributed by atoms with Gasteiger partial charge in [-0.2, -0.15) is 4.68 Å². The fourth-order valence-corrected chi connectivity index (χ4v) is 4.00. The van der Waals surface area contributed by atoms with Crippen LogP contribution < -0.4 is 5.32 Å². The molecule has 0 atom stereocenters. The molecule has 0 spiro atoms. The van der Waals surface area contributed by atoms with E-state index in [1.165, 1.54) is 11.8 Å². The number of hydrogen-bond donors (Lipinski definition) is 1. The van der Waals surface area contributed by atoms with Gasteiger partial charge in [0.2, 0.25) is 11.1 Å². The summed E-state index contributed by atoms with van der Waals surface area (Å²) in [4.78, 5) is 14.7. The molecule has 140 valence electrons. The summed E-state index contributed by atoms with van der Waals surface area (Å²) in [6.45, 7) is 9.46. The highest BCUT2D eigenvalue weighted by Gasteiger charge is 2.20. The third-order valence-electron chi connectivity index (χ3n) is 4.62. The lowest BCUT2D eigenvalue weighted by atomic mass is 10.1. The minimum absolute atomic E-state index is 0.0416. The Labute approximate surface area is 158 Å². The van der Waals surface area contributed by atoms with Gasteiger partial charge in [0.05, 0.1) is 11.4 Å². The van der Waals surface area contributed by atoms with Crippen LogP contribution in [-0.2, 0) is 4.79 Å². The van der Waals surface area contributed by atoms with Gasteiger partial charge in [-0.15, -0.1) is 5.10 Å². The highest BCUT2D eigenvalue weighted by Crippen LogP contribution is 2.20. The Morgan fingerprint density at radius 1 is 1.23 bits per heavy atom. The van der Waals surface area contributed by atoms with Crippen molar-refractivity contribution in [1.29, 1.82) is 0 Å². The van der Waals surface area contributed by atoms with E-state index in [9.17, 15) is 4.79 Å². The third-order valence-corrected chi connectivity index (χ3v) is 5.54. The van der Waals surface area contributed by atoms with Crippen LogP contribution in [0.2, 0.25) is 0 Å². The Bertz CT molecular complexity index is 734. The Morgan fingerprint density at radius 2 is 1.92 bits per heavy atom. The number of likely N-dealkylation sites (tertiary alicyclic amines) is 1. The maximum atomic E-state index is 12.3. The molecule has 2 heterocycles. The monoisotopic (exact) mass is 374 g/mol. The van der Waals surface area contributed by atoms with Gasteiger partial charge in [0, 0.05) is 19.1 Å². The fraction of sp³-hybridized carbons (Fsp3) is 0.556. The van der Waals surface area contributed by atoms with Crippen LogP contribution in [0.4, 0.5) is 0 Å². The van der Waals surface area contributed by atoms with Gasteiger partial charge in [-0.1, -0.05) is 24.8 Å². The zero-order valence-corrected chi connectivity index (χ0v) is 16.4. The van der Waals surface area contributed by atoms with Crippen LogP contribution in [0, 0.1) is 13.8 Å². The SMILES string of the molecule is CCN1CCC(NC(=O)CSc2nnnn2-c2cc(C)cc(C)c2)CC1. The van der Waals surface area contributed by atoms with Gasteiger partial charge < -0.3 is 10.2 Å². The molecule has 26 heavy (non-hydrogen) atoms. The Morgan fingerprint density at radius 3 is 2.58 bits per heavy atom. The molecule has 0 aliphatic carbocycles. The van der Waals surface area contributed by atoms with Gasteiger partial charge in [-0.3, -0.25) is 4.79 Å². The molecule has 0 radical (unpaired) electrons. The number of amides is 1. The lowest BCUT2D eigenvalue weighted by molar-refractivity contribution is -0.119. The van der Waals surface area contributed by atoms with Crippen molar-refractivity contribution in [3.8, 4) is 5.69 Å². The first-order valence-corrected chi connectivity index (χ1v) is 10.0. The van der Waals surface area contributed by atoms with E-state index in [4.69, 9.17) is 0 Å². The third kappa shape index (κ3) is 4.82. The Kier molecular flexibility index (Phi) is 6.26. The first-order chi connectivity index (χ1) is 12.5. The average Bonchev–Trinajstić information content (AvgIpc) is 3.08. The molecule has 0 unspecified atom stereocenters. The van der Waals surface area contributed by atoms with Gasteiger partial charge in [0.25, 0.3) is 0 Å². The number of rotatable bonds is 6. The number of nitrogens with one attached hydrogen (secondary N) is 1. The van der Waals surface area contributed by atoms with Crippen molar-refractivity contribution < 1.29 is 4.79 Å². The van der Waals surface area contributed by atoms with Crippen LogP contribution in [0.3, 0.4) is 0 Å². The van der Waals surface area contributed by atoms with Gasteiger partial charge in [-0.25, -0.2) is 0 Å². The predicted octanol–water partition coefficient (Wildman–Crippen LogP) is 1.97. The standard InChI is InChI=1S/C18H26N6OS/c1-4-23-7-5-15(6-8-23)19-17(25)12-26-18-20-21-22-24(18)16-10-13(2)9-14(3)11-16/h9-11,15H,4-8,12H2,1-3H3,(H,19,25). The molecule has 8 heteroatoms. The molecular formula is C18H26N6OS. The number of aryl methyl sites for hydroxylation is 2. The number of hydrogen-bond acceptors (Lipinski definition) is 6. The minimum atomic E-state index is 0.0416. The molecule has 7 nitrogen and oxygen atoms in total. The molecule has 3 rings (SSSR count). The second kappa shape index (κ2) is 8.64. The lowest BCUT2D eigenvalue weighted by Gasteiger charge is -2.31. The van der Waals surface area contributed by atoms with Crippen molar-refractivity contribution in [3.05, 3.63) is 29.3 Å². The van der Waals surface area contributed by atoms with Crippen molar-refractivity contribution in [3.63, 3.8) is 0 Å². The van der Waals surface area contributed by atoms with Crippen molar-refractivity contribution in [2.75, 3.05) is 25.4 Å². The van der Waals surface area contributed by atoms with Crippen molar-refractivity contribution in [2.45, 2.75) is 44.8 Å². The van der Waals surface area contributed by atoms with Gasteiger partial charge in [0.15, 0.2) is 0 Å². The molecule has 1 amide bonds. The zero-order chi connectivity index (χ0) is 18.5. The summed E-state index contributed by atoms with van der Waals surface area (Å²) in [6, 6.07) is 6.46. The highest BCUT2D eigenvalue weighted by molar-refractivity contribution is 7.99. The number of carbonyl (C=O) groups excluding carboxylic acids is 1. The molecule has 1 aromatic heterocycles. The van der Waals surface area contributed by atoms with E-state index in [0.717, 1.165) is 49.3 Å². The van der Waals surface area contributed by atoms with Crippen LogP contribution in [0.15, 0.2) is 23.4 Å². The number of aromatic nitrogens is 4. The van der Waals surface area contributed by atoms with E-state index < -0.39 is 0 Å². The molecule has 1 N–H and O–H groups in total. The molecule has 1 fully saturated rings. The predicted molar refractivity (Wildman–Crippen MR) is 103 cm³/mol. The largest absolute Gasteiger partial charge is 0.353 e. The number of nitrogens with zero attached hydrogens (tertiary/aromatic N) is 5. The lowest BCUT2D eigenvalue weighted by Crippen LogP contribution is -2.45. The molecule has 0 saturated carbocycles. The molecule has 1 aliphatic heterocycles. The number of benzene rings is 1. The maximum absolute atomic E-state index is 12.3. The summed E-state index contributed by atoms with van der Waals surface area (Å²) in [5, 5.41) is 15.7. The summed E-state index contributed by atoms with van der Waals surface area (Å²) in [6.07, 6.45) is 2.04. The number of tetrazole rings is 1. The first-order valence-electron chi connectivity index (χ1n) is 9.06. The van der Waals surface area contributed by atoms with Crippen LogP contribution in [0.1, 0.15) is 30.9 Å². The second-order valence-electron chi connectivity index (χ2n) is 6.78. The van der Waals surface area contributed by atoms with Crippen molar-refractivity contribution in [1.82, 2.24) is 30.4 Å². The normalized spacial score (nSPS) is 16.0. The van der Waals surface area contributed by atoms with Crippen LogP contribution in [0.5, 0.6) is 0 Å². The topological polar surface area (TPSA) is 75.9 Å². The summed E-state index contributed by atoms with van der Waals surface area (Å²) in [5.41, 5.74) is 3.23. The Hall–Kier alpha value is -1.93. The summed E-state index contributed by atoms with van der Waals surface area (Å²) in [5.74, 6) is 0.360. The zero-order valence-electron chi connectivity index (χ0n) is 15.6. The van der Waals surface area contributed by atoms with Crippen LogP contribution in [0.25, 0.3) is 5.69 Å². The van der Waals surface area contributed by atoms with E-state index in [2.05, 4.69) is 38.7 Å². The van der Waals surface area contributed by atoms with E-state index in [0.29, 0.717) is 10.9 Å². The van der Waals surface area contributed by atoms with Crippen LogP contribution in [-0.4, -0.2) is 62.4 Å². The number of thioether (sulfide) groups is 1. The molecular weight excluding hydrogens is 348 g/mol. The number of piperidine rings is 1. The fourth-order valence-electron chi connectivity index (χ4n) is 3.30. The summed E-state index contributed by atoms with van der Waals surface area (Å²) in [7, 11) is 0. The summed E-state index contributed by atoms with van der Waals surface area (Å²) >= 11 is 1.37. The highest BCUT2D eigenvalue weighted by atomic mass is 32.2. The smallest absolute Gasteiger partial charge is 0.230 e. The molecule has 1 aliphatic rings. The average molecular weight is 375 g/mol. The first kappa shape index (κ1) is 18.8. The quantitative estimate of drug-likeness (QED) is 0.779. The second-order valence-corrected chi connectivity index (χ2v) is 7.73. The van der Waals surface area contributed by atoms with Crippen molar-refractivity contribution >= 4 is 17.7 Å². The summed E-state index contributed by atoms with van der Waals surface area (Å²) < 4.78 is 1.69.